The van der Waals surface area contributed by atoms with Crippen LogP contribution in [0.4, 0.5) is 11.5 Å². The SMILES string of the molecule is O=Cc1cnc2c(Nc3cccc(-c4cccc5c4CCC5O)c3Cl)nccc2c1. The third-order valence-electron chi connectivity index (χ3n) is 5.54. The van der Waals surface area contributed by atoms with E-state index in [0.717, 1.165) is 46.8 Å². The van der Waals surface area contributed by atoms with Crippen molar-refractivity contribution in [1.82, 2.24) is 9.97 Å². The summed E-state index contributed by atoms with van der Waals surface area (Å²) in [6, 6.07) is 15.4. The van der Waals surface area contributed by atoms with Crippen molar-refractivity contribution < 1.29 is 9.90 Å². The molecule has 4 aromatic rings. The fraction of sp³-hybridized carbons (Fsp3) is 0.125. The lowest BCUT2D eigenvalue weighted by molar-refractivity contribution is 0.112. The molecule has 0 amide bonds. The van der Waals surface area contributed by atoms with Gasteiger partial charge in [0.15, 0.2) is 12.1 Å². The summed E-state index contributed by atoms with van der Waals surface area (Å²) < 4.78 is 0. The van der Waals surface area contributed by atoms with Gasteiger partial charge in [0, 0.05) is 28.9 Å². The van der Waals surface area contributed by atoms with Gasteiger partial charge < -0.3 is 10.4 Å². The molecule has 1 unspecified atom stereocenters. The van der Waals surface area contributed by atoms with Crippen LogP contribution >= 0.6 is 11.6 Å². The Morgan fingerprint density at radius 1 is 1.10 bits per heavy atom. The van der Waals surface area contributed by atoms with Crippen LogP contribution < -0.4 is 5.32 Å². The van der Waals surface area contributed by atoms with Crippen LogP contribution in [0.25, 0.3) is 22.0 Å². The molecule has 5 nitrogen and oxygen atoms in total. The van der Waals surface area contributed by atoms with Gasteiger partial charge in [0.05, 0.1) is 16.8 Å². The molecule has 2 aromatic heterocycles. The lowest BCUT2D eigenvalue weighted by atomic mass is 9.96. The number of nitrogens with one attached hydrogen (secondary N) is 1. The van der Waals surface area contributed by atoms with Gasteiger partial charge in [-0.05, 0) is 47.7 Å². The third-order valence-corrected chi connectivity index (χ3v) is 5.94. The summed E-state index contributed by atoms with van der Waals surface area (Å²) in [5.41, 5.74) is 5.96. The zero-order valence-corrected chi connectivity index (χ0v) is 16.7. The minimum atomic E-state index is -0.415. The van der Waals surface area contributed by atoms with Crippen molar-refractivity contribution in [2.24, 2.45) is 0 Å². The zero-order chi connectivity index (χ0) is 20.7. The Labute approximate surface area is 178 Å². The van der Waals surface area contributed by atoms with Crippen LogP contribution in [0.5, 0.6) is 0 Å². The molecule has 0 aliphatic heterocycles. The maximum Gasteiger partial charge on any atom is 0.156 e. The number of fused-ring (bicyclic) bond motifs is 2. The molecule has 0 bridgehead atoms. The summed E-state index contributed by atoms with van der Waals surface area (Å²) in [6.07, 6.45) is 5.12. The van der Waals surface area contributed by atoms with E-state index in [-0.39, 0.29) is 0 Å². The highest BCUT2D eigenvalue weighted by atomic mass is 35.5. The van der Waals surface area contributed by atoms with Crippen LogP contribution in [-0.4, -0.2) is 21.4 Å². The summed E-state index contributed by atoms with van der Waals surface area (Å²) in [5.74, 6) is 0.567. The molecule has 1 aliphatic carbocycles. The number of hydrogen-bond donors (Lipinski definition) is 2. The molecule has 6 heteroatoms. The normalized spacial score (nSPS) is 15.2. The second kappa shape index (κ2) is 7.52. The van der Waals surface area contributed by atoms with Crippen molar-refractivity contribution in [1.29, 1.82) is 0 Å². The maximum atomic E-state index is 11.0. The van der Waals surface area contributed by atoms with E-state index in [1.54, 1.807) is 12.3 Å². The number of carbonyl (C=O) groups excluding carboxylic acids is 1. The van der Waals surface area contributed by atoms with Crippen LogP contribution in [0.1, 0.15) is 34.0 Å². The van der Waals surface area contributed by atoms with E-state index >= 15 is 0 Å². The number of aliphatic hydroxyl groups excluding tert-OH is 1. The molecule has 0 fully saturated rings. The van der Waals surface area contributed by atoms with Crippen LogP contribution in [0, 0.1) is 0 Å². The van der Waals surface area contributed by atoms with Crippen LogP contribution in [-0.2, 0) is 6.42 Å². The van der Waals surface area contributed by atoms with Gasteiger partial charge >= 0.3 is 0 Å². The number of hydrogen-bond acceptors (Lipinski definition) is 5. The fourth-order valence-electron chi connectivity index (χ4n) is 4.08. The minimum absolute atomic E-state index is 0.415. The maximum absolute atomic E-state index is 11.0. The summed E-state index contributed by atoms with van der Waals surface area (Å²) in [7, 11) is 0. The van der Waals surface area contributed by atoms with Crippen molar-refractivity contribution in [3.05, 3.63) is 82.6 Å². The van der Waals surface area contributed by atoms with Gasteiger partial charge in [0.25, 0.3) is 0 Å². The molecule has 5 rings (SSSR count). The average Bonchev–Trinajstić information content (AvgIpc) is 3.16. The monoisotopic (exact) mass is 415 g/mol. The van der Waals surface area contributed by atoms with Gasteiger partial charge in [-0.15, -0.1) is 0 Å². The summed E-state index contributed by atoms with van der Waals surface area (Å²) >= 11 is 6.81. The number of anilines is 2. The Kier molecular flexibility index (Phi) is 4.69. The molecular weight excluding hydrogens is 398 g/mol. The number of aldehydes is 1. The average molecular weight is 416 g/mol. The Hall–Kier alpha value is -3.28. The second-order valence-corrected chi connectivity index (χ2v) is 7.72. The first-order chi connectivity index (χ1) is 14.7. The van der Waals surface area contributed by atoms with E-state index in [4.69, 9.17) is 11.6 Å². The first kappa shape index (κ1) is 18.7. The number of pyridine rings is 2. The highest BCUT2D eigenvalue weighted by molar-refractivity contribution is 6.36. The van der Waals surface area contributed by atoms with Gasteiger partial charge in [0.1, 0.15) is 5.52 Å². The molecule has 0 radical (unpaired) electrons. The summed E-state index contributed by atoms with van der Waals surface area (Å²) in [5, 5.41) is 14.9. The van der Waals surface area contributed by atoms with E-state index in [1.807, 2.05) is 42.5 Å². The van der Waals surface area contributed by atoms with Crippen molar-refractivity contribution in [2.45, 2.75) is 18.9 Å². The largest absolute Gasteiger partial charge is 0.388 e. The Morgan fingerprint density at radius 3 is 2.80 bits per heavy atom. The number of rotatable bonds is 4. The number of benzene rings is 2. The minimum Gasteiger partial charge on any atom is -0.388 e. The van der Waals surface area contributed by atoms with E-state index in [0.29, 0.717) is 27.6 Å². The summed E-state index contributed by atoms with van der Waals surface area (Å²) in [4.78, 5) is 19.8. The number of aliphatic hydroxyl groups is 1. The van der Waals surface area contributed by atoms with Gasteiger partial charge in [-0.25, -0.2) is 4.98 Å². The van der Waals surface area contributed by atoms with Crippen LogP contribution in [0.15, 0.2) is 60.9 Å². The molecular formula is C24H18ClN3O2. The topological polar surface area (TPSA) is 75.1 Å². The Morgan fingerprint density at radius 2 is 1.93 bits per heavy atom. The standard InChI is InChI=1S/C24H18ClN3O2/c25-22-19(16-3-1-4-18-17(16)7-8-21(18)30)5-2-6-20(22)28-24-23-15(9-10-26-24)11-14(13-29)12-27-23/h1-6,9-13,21,30H,7-8H2,(H,26,28). The molecule has 1 atom stereocenters. The second-order valence-electron chi connectivity index (χ2n) is 7.34. The molecule has 0 saturated carbocycles. The van der Waals surface area contributed by atoms with E-state index in [1.165, 1.54) is 6.20 Å². The van der Waals surface area contributed by atoms with Crippen LogP contribution in [0.3, 0.4) is 0 Å². The van der Waals surface area contributed by atoms with Crippen molar-refractivity contribution >= 4 is 40.3 Å². The van der Waals surface area contributed by atoms with Gasteiger partial charge in [0.2, 0.25) is 0 Å². The molecule has 0 spiro atoms. The van der Waals surface area contributed by atoms with Crippen molar-refractivity contribution in [2.75, 3.05) is 5.32 Å². The highest BCUT2D eigenvalue weighted by Gasteiger charge is 2.24. The lowest BCUT2D eigenvalue weighted by Crippen LogP contribution is -1.99. The van der Waals surface area contributed by atoms with Gasteiger partial charge in [-0.3, -0.25) is 9.78 Å². The predicted molar refractivity (Wildman–Crippen MR) is 118 cm³/mol. The number of carbonyl (C=O) groups is 1. The molecule has 2 aromatic carbocycles. The molecule has 2 heterocycles. The third kappa shape index (κ3) is 3.12. The van der Waals surface area contributed by atoms with Crippen molar-refractivity contribution in [3.63, 3.8) is 0 Å². The number of nitrogens with zero attached hydrogens (tertiary/aromatic N) is 2. The first-order valence-electron chi connectivity index (χ1n) is 9.71. The predicted octanol–water partition coefficient (Wildman–Crippen LogP) is 5.49. The molecule has 0 saturated heterocycles. The van der Waals surface area contributed by atoms with Gasteiger partial charge in [-0.1, -0.05) is 41.9 Å². The number of aromatic nitrogens is 2. The highest BCUT2D eigenvalue weighted by Crippen LogP contribution is 2.42. The van der Waals surface area contributed by atoms with Crippen LogP contribution in [0.2, 0.25) is 5.02 Å². The summed E-state index contributed by atoms with van der Waals surface area (Å²) in [6.45, 7) is 0. The first-order valence-corrected chi connectivity index (χ1v) is 10.1. The molecule has 2 N–H and O–H groups in total. The zero-order valence-electron chi connectivity index (χ0n) is 16.0. The fourth-order valence-corrected chi connectivity index (χ4v) is 4.36. The molecule has 148 valence electrons. The van der Waals surface area contributed by atoms with E-state index in [9.17, 15) is 9.90 Å². The lowest BCUT2D eigenvalue weighted by Gasteiger charge is -2.15. The van der Waals surface area contributed by atoms with E-state index < -0.39 is 6.10 Å². The molecule has 1 aliphatic rings. The smallest absolute Gasteiger partial charge is 0.156 e. The quantitative estimate of drug-likeness (QED) is 0.431. The van der Waals surface area contributed by atoms with Gasteiger partial charge in [-0.2, -0.15) is 0 Å². The molecule has 30 heavy (non-hydrogen) atoms. The Balaban J connectivity index is 1.57. The van der Waals surface area contributed by atoms with E-state index in [2.05, 4.69) is 15.3 Å². The Bertz CT molecular complexity index is 1290. The van der Waals surface area contributed by atoms with Crippen molar-refractivity contribution in [3.8, 4) is 11.1 Å². The number of halogens is 1.